The van der Waals surface area contributed by atoms with Gasteiger partial charge in [0.15, 0.2) is 0 Å². The number of phenols is 4. The highest BCUT2D eigenvalue weighted by atomic mass is 16.5. The molecule has 0 saturated heterocycles. The molecule has 6 aromatic carbocycles. The van der Waals surface area contributed by atoms with E-state index in [-0.39, 0.29) is 88.7 Å². The lowest BCUT2D eigenvalue weighted by Gasteiger charge is -2.11. The smallest absolute Gasteiger partial charge is 0.287 e. The van der Waals surface area contributed by atoms with Gasteiger partial charge >= 0.3 is 0 Å². The van der Waals surface area contributed by atoms with Crippen molar-refractivity contribution in [2.24, 2.45) is 0 Å². The molecule has 0 fully saturated rings. The van der Waals surface area contributed by atoms with Crippen molar-refractivity contribution in [3.8, 4) is 46.0 Å². The van der Waals surface area contributed by atoms with Crippen molar-refractivity contribution in [1.82, 2.24) is 21.3 Å². The number of hydrogen-bond acceptors (Lipinski definition) is 16. The molecule has 116 heavy (non-hydrogen) atoms. The van der Waals surface area contributed by atoms with Gasteiger partial charge in [-0.15, -0.1) is 0 Å². The molecule has 6 aromatic rings. The summed E-state index contributed by atoms with van der Waals surface area (Å²) in [5.74, 6) is 0.635. The third-order valence-electron chi connectivity index (χ3n) is 18.1. The Morgan fingerprint density at radius 2 is 0.586 bits per heavy atom. The molecule has 0 saturated carbocycles. The maximum absolute atomic E-state index is 11.4. The van der Waals surface area contributed by atoms with Crippen molar-refractivity contribution in [3.05, 3.63) is 192 Å². The summed E-state index contributed by atoms with van der Waals surface area (Å²) < 4.78 is 22.6. The van der Waals surface area contributed by atoms with Crippen molar-refractivity contribution >= 4 is 46.8 Å². The second-order valence-electron chi connectivity index (χ2n) is 27.4. The van der Waals surface area contributed by atoms with Gasteiger partial charge in [-0.1, -0.05) is 180 Å². The summed E-state index contributed by atoms with van der Waals surface area (Å²) in [6.07, 6.45) is 41.1. The highest BCUT2D eigenvalue weighted by Gasteiger charge is 2.14. The Labute approximate surface area is 695 Å². The van der Waals surface area contributed by atoms with Gasteiger partial charge in [0.2, 0.25) is 23.1 Å². The Morgan fingerprint density at radius 3 is 0.905 bits per heavy atom. The molecule has 0 radical (unpaired) electrons. The molecule has 0 heterocycles. The van der Waals surface area contributed by atoms with Crippen LogP contribution in [0, 0.1) is 0 Å². The summed E-state index contributed by atoms with van der Waals surface area (Å²) >= 11 is 0. The number of ketones is 4. The average molecular weight is 1610 g/mol. The lowest BCUT2D eigenvalue weighted by atomic mass is 9.98. The molecule has 4 amide bonds. The van der Waals surface area contributed by atoms with Crippen LogP contribution >= 0.6 is 0 Å². The van der Waals surface area contributed by atoms with Crippen LogP contribution in [0.15, 0.2) is 170 Å². The molecule has 0 unspecified atom stereocenters. The van der Waals surface area contributed by atoms with Crippen LogP contribution in [-0.2, 0) is 64.0 Å². The number of benzene rings is 6. The van der Waals surface area contributed by atoms with E-state index in [0.717, 1.165) is 172 Å². The van der Waals surface area contributed by atoms with Crippen LogP contribution in [0.25, 0.3) is 0 Å². The second kappa shape index (κ2) is 71.3. The summed E-state index contributed by atoms with van der Waals surface area (Å²) in [6.45, 7) is 7.07. The molecule has 0 aliphatic carbocycles. The maximum Gasteiger partial charge on any atom is 0.287 e. The number of allylic oxidation sites excluding steroid dienone is 4. The third-order valence-corrected chi connectivity index (χ3v) is 18.1. The molecule has 8 N–H and O–H groups in total. The first-order chi connectivity index (χ1) is 54.5. The van der Waals surface area contributed by atoms with Gasteiger partial charge in [0.25, 0.3) is 23.6 Å². The number of aryl methyl sites for hydroxylation is 4. The number of ether oxygens (including phenoxy) is 4. The fourth-order valence-electron chi connectivity index (χ4n) is 11.6. The number of unbranched alkanes of at least 4 members (excludes halogenated alkanes) is 18. The number of carbonyl (C=O) groups excluding carboxylic acids is 8. The number of phenolic OH excluding ortho intramolecular Hbond substituents is 4. The zero-order chi connectivity index (χ0) is 81.3. The number of Topliss-reactive ketones (excluding diaryl/α,β-unsaturated/α-hetero) is 4. The minimum Gasteiger partial charge on any atom is -0.508 e. The first kappa shape index (κ1) is 108. The van der Waals surface area contributed by atoms with Crippen LogP contribution in [0.5, 0.6) is 46.0 Å². The summed E-state index contributed by atoms with van der Waals surface area (Å²) in [6, 6.07) is 44.1. The maximum atomic E-state index is 11.4. The lowest BCUT2D eigenvalue weighted by Crippen LogP contribution is -2.31. The zero-order valence-corrected chi connectivity index (χ0v) is 67.1. The van der Waals surface area contributed by atoms with E-state index in [2.05, 4.69) is 75.9 Å². The molecule has 0 aromatic heterocycles. The molecule has 6 rings (SSSR count). The normalized spacial score (nSPS) is 10.3. The monoisotopic (exact) mass is 1610 g/mol. The molecule has 0 atom stereocenters. The Morgan fingerprint density at radius 1 is 0.293 bits per heavy atom. The van der Waals surface area contributed by atoms with Gasteiger partial charge in [-0.3, -0.25) is 38.4 Å². The molecule has 20 heteroatoms. The molecule has 0 aliphatic rings. The van der Waals surface area contributed by atoms with E-state index in [1.54, 1.807) is 98.8 Å². The quantitative estimate of drug-likeness (QED) is 0.01000. The molecule has 0 aliphatic heterocycles. The van der Waals surface area contributed by atoms with Gasteiger partial charge in [-0.05, 0) is 236 Å². The van der Waals surface area contributed by atoms with Crippen LogP contribution in [0.3, 0.4) is 0 Å². The van der Waals surface area contributed by atoms with E-state index in [9.17, 15) is 58.8 Å². The number of rotatable bonds is 56. The summed E-state index contributed by atoms with van der Waals surface area (Å²) in [7, 11) is 2.97. The molecular formula is C96H144N4O16. The van der Waals surface area contributed by atoms with Gasteiger partial charge in [-0.25, -0.2) is 0 Å². The predicted octanol–water partition coefficient (Wildman–Crippen LogP) is 20.1. The number of carbonyl (C=O) groups is 8. The van der Waals surface area contributed by atoms with E-state index < -0.39 is 23.6 Å². The van der Waals surface area contributed by atoms with E-state index in [4.69, 9.17) is 18.9 Å². The molecule has 0 spiro atoms. The second-order valence-corrected chi connectivity index (χ2v) is 27.4. The van der Waals surface area contributed by atoms with E-state index in [1.807, 2.05) is 30.3 Å². The first-order valence-corrected chi connectivity index (χ1v) is 40.7. The van der Waals surface area contributed by atoms with Gasteiger partial charge in [0, 0.05) is 65.0 Å². The number of aromatic hydroxyl groups is 4. The number of hydrogen-bond donors (Lipinski definition) is 8. The van der Waals surface area contributed by atoms with Gasteiger partial charge < -0.3 is 60.6 Å². The summed E-state index contributed by atoms with van der Waals surface area (Å²) in [4.78, 5) is 90.1. The van der Waals surface area contributed by atoms with Crippen LogP contribution in [0.2, 0.25) is 0 Å². The van der Waals surface area contributed by atoms with Crippen LogP contribution in [0.4, 0.5) is 0 Å². The Hall–Kier alpha value is -10.2. The standard InChI is InChI=1S/2C23H29NO4.2C23H35NO4.4CH4/c1-2-22(26)23(27)24-15-6-5-11-18-9-3-4-10-19(18)12-8-16-28-21-14-7-13-20(25)17-21;1-2-22(26)23(27)24-16-6-5-10-18-8-3-4-9-19(18)11-7-17-28-21-14-12-20(25)13-15-21;1-24-23(27)22(26)17-12-10-8-6-4-2-3-5-7-9-11-13-18-28-21-16-14-15-20(25)19-21;1-24-23(27)22(26)14-12-10-8-6-4-2-3-5-7-9-11-13-19-28-21-17-15-20(25)16-18-21;;;;/h3-4,7,9-10,13-14,17,25H,2,5-6,8,11-12,15-16H2,1H3,(H,24,27);3-4,8-9,12-15,25H,2,5-7,10-11,16-17H2,1H3,(H,24,27);2,4,14-16,19,25H,3,5-13,17-18H2,1H3,(H,24,27);2,4,15-18,25H,3,5-14,19H2,1H3,(H,24,27);4*1H4/b;;2*4-2-;;;;. The highest BCUT2D eigenvalue weighted by Crippen LogP contribution is 2.23. The molecule has 20 nitrogen and oxygen atoms in total. The van der Waals surface area contributed by atoms with Crippen molar-refractivity contribution in [1.29, 1.82) is 0 Å². The highest BCUT2D eigenvalue weighted by molar-refractivity contribution is 6.37. The molecular weight excluding hydrogens is 1470 g/mol. The molecule has 644 valence electrons. The Kier molecular flexibility index (Phi) is 66.3. The van der Waals surface area contributed by atoms with Crippen molar-refractivity contribution in [2.75, 3.05) is 53.6 Å². The lowest BCUT2D eigenvalue weighted by molar-refractivity contribution is -0.137. The van der Waals surface area contributed by atoms with Crippen molar-refractivity contribution in [2.45, 2.75) is 262 Å². The minimum absolute atomic E-state index is 0. The van der Waals surface area contributed by atoms with Crippen LogP contribution in [0.1, 0.15) is 258 Å². The SMILES string of the molecule is C.C.C.C.CCC(=O)C(=O)NCCCCc1ccccc1CCCOc1ccc(O)cc1.CCC(=O)C(=O)NCCCCc1ccccc1CCCOc1cccc(O)c1.CNC(=O)C(=O)CCCCC/C=C\CCCCCCCOc1ccc(O)cc1.CNC(=O)C(=O)CCCCC/C=C\CCCCCCCOc1cccc(O)c1. The van der Waals surface area contributed by atoms with Crippen molar-refractivity contribution < 1.29 is 77.7 Å². The van der Waals surface area contributed by atoms with Crippen LogP contribution < -0.4 is 40.2 Å². The van der Waals surface area contributed by atoms with Gasteiger partial charge in [-0.2, -0.15) is 0 Å². The Bertz CT molecular complexity index is 3650. The minimum atomic E-state index is -0.482. The van der Waals surface area contributed by atoms with E-state index in [0.29, 0.717) is 51.5 Å². The van der Waals surface area contributed by atoms with Gasteiger partial charge in [0.1, 0.15) is 46.0 Å². The predicted molar refractivity (Wildman–Crippen MR) is 471 cm³/mol. The average Bonchev–Trinajstić information content (AvgIpc) is 0.885. The number of amides is 4. The summed E-state index contributed by atoms with van der Waals surface area (Å²) in [5, 5.41) is 47.4. The topological polar surface area (TPSA) is 303 Å². The first-order valence-electron chi connectivity index (χ1n) is 40.7. The van der Waals surface area contributed by atoms with Crippen molar-refractivity contribution in [3.63, 3.8) is 0 Å². The fraction of sp³-hybridized carbons (Fsp3) is 0.500. The fourth-order valence-corrected chi connectivity index (χ4v) is 11.6. The number of likely N-dealkylation sites (N-methyl/N-ethyl adjacent to an activating group) is 2. The van der Waals surface area contributed by atoms with E-state index >= 15 is 0 Å². The zero-order valence-electron chi connectivity index (χ0n) is 67.1. The molecule has 0 bridgehead atoms. The van der Waals surface area contributed by atoms with E-state index in [1.165, 1.54) is 81.3 Å². The van der Waals surface area contributed by atoms with Crippen LogP contribution in [-0.4, -0.2) is 121 Å². The third kappa shape index (κ3) is 54.5. The Balaban J connectivity index is 0. The number of nitrogens with one attached hydrogen (secondary N) is 4. The van der Waals surface area contributed by atoms with Gasteiger partial charge in [0.05, 0.1) is 26.4 Å². The summed E-state index contributed by atoms with van der Waals surface area (Å²) in [5.41, 5.74) is 5.27. The largest absolute Gasteiger partial charge is 0.508 e.